The highest BCUT2D eigenvalue weighted by Crippen LogP contribution is 2.32. The van der Waals surface area contributed by atoms with Gasteiger partial charge in [-0.1, -0.05) is 0 Å². The fourth-order valence-corrected chi connectivity index (χ4v) is 2.37. The molecule has 0 bridgehead atoms. The van der Waals surface area contributed by atoms with E-state index in [0.717, 1.165) is 25.0 Å². The monoisotopic (exact) mass is 266 g/mol. The second-order valence-electron chi connectivity index (χ2n) is 5.07. The standard InChI is InChI=1S/C13H22N4O2/c1-3-19-11-4-9(5-11)6-12(18)15-7-10-8-16-17(2)13(10)14/h8-9,11H,3-7,14H2,1-2H3,(H,15,18). The van der Waals surface area contributed by atoms with Gasteiger partial charge in [-0.2, -0.15) is 5.10 Å². The Morgan fingerprint density at radius 1 is 1.63 bits per heavy atom. The third-order valence-corrected chi connectivity index (χ3v) is 3.61. The largest absolute Gasteiger partial charge is 0.384 e. The molecule has 6 heteroatoms. The number of hydrogen-bond acceptors (Lipinski definition) is 4. The summed E-state index contributed by atoms with van der Waals surface area (Å²) >= 11 is 0. The number of nitrogens with one attached hydrogen (secondary N) is 1. The average Bonchev–Trinajstić information content (AvgIpc) is 2.65. The number of aromatic nitrogens is 2. The highest BCUT2D eigenvalue weighted by Gasteiger charge is 2.30. The first-order chi connectivity index (χ1) is 9.10. The Balaban J connectivity index is 1.67. The van der Waals surface area contributed by atoms with Gasteiger partial charge in [0.2, 0.25) is 5.91 Å². The van der Waals surface area contributed by atoms with Crippen LogP contribution in [-0.2, 0) is 23.1 Å². The number of rotatable bonds is 6. The Morgan fingerprint density at radius 3 is 2.95 bits per heavy atom. The maximum absolute atomic E-state index is 11.8. The van der Waals surface area contributed by atoms with Crippen LogP contribution in [0.2, 0.25) is 0 Å². The molecule has 1 aliphatic rings. The van der Waals surface area contributed by atoms with Gasteiger partial charge in [-0.15, -0.1) is 0 Å². The molecule has 2 rings (SSSR count). The van der Waals surface area contributed by atoms with Crippen LogP contribution in [0.4, 0.5) is 5.82 Å². The van der Waals surface area contributed by atoms with Gasteiger partial charge in [-0.3, -0.25) is 9.48 Å². The number of amides is 1. The van der Waals surface area contributed by atoms with Crippen molar-refractivity contribution in [2.75, 3.05) is 12.3 Å². The summed E-state index contributed by atoms with van der Waals surface area (Å²) in [7, 11) is 1.78. The number of hydrogen-bond donors (Lipinski definition) is 2. The van der Waals surface area contributed by atoms with E-state index >= 15 is 0 Å². The molecule has 0 aromatic carbocycles. The second kappa shape index (κ2) is 6.06. The summed E-state index contributed by atoms with van der Waals surface area (Å²) < 4.78 is 7.08. The Bertz CT molecular complexity index is 438. The molecule has 1 heterocycles. The molecule has 1 aromatic heterocycles. The van der Waals surface area contributed by atoms with E-state index in [4.69, 9.17) is 10.5 Å². The first kappa shape index (κ1) is 13.9. The van der Waals surface area contributed by atoms with Crippen molar-refractivity contribution < 1.29 is 9.53 Å². The molecular formula is C13H22N4O2. The third kappa shape index (κ3) is 3.47. The van der Waals surface area contributed by atoms with Crippen LogP contribution in [-0.4, -0.2) is 28.4 Å². The highest BCUT2D eigenvalue weighted by molar-refractivity contribution is 5.76. The molecule has 1 amide bonds. The van der Waals surface area contributed by atoms with E-state index in [2.05, 4.69) is 10.4 Å². The zero-order valence-corrected chi connectivity index (χ0v) is 11.6. The molecule has 0 aliphatic heterocycles. The molecule has 0 spiro atoms. The van der Waals surface area contributed by atoms with Gasteiger partial charge in [0.1, 0.15) is 5.82 Å². The van der Waals surface area contributed by atoms with Gasteiger partial charge in [-0.25, -0.2) is 0 Å². The Kier molecular flexibility index (Phi) is 4.42. The Morgan fingerprint density at radius 2 is 2.37 bits per heavy atom. The minimum Gasteiger partial charge on any atom is -0.384 e. The summed E-state index contributed by atoms with van der Waals surface area (Å²) in [6.45, 7) is 3.20. The van der Waals surface area contributed by atoms with Gasteiger partial charge >= 0.3 is 0 Å². The number of ether oxygens (including phenoxy) is 1. The quantitative estimate of drug-likeness (QED) is 0.798. The normalized spacial score (nSPS) is 22.0. The summed E-state index contributed by atoms with van der Waals surface area (Å²) in [5, 5.41) is 6.92. The molecule has 19 heavy (non-hydrogen) atoms. The Labute approximate surface area is 113 Å². The predicted octanol–water partition coefficient (Wildman–Crippen LogP) is 0.824. The summed E-state index contributed by atoms with van der Waals surface area (Å²) in [5.41, 5.74) is 6.67. The predicted molar refractivity (Wildman–Crippen MR) is 72.2 cm³/mol. The first-order valence-corrected chi connectivity index (χ1v) is 6.74. The summed E-state index contributed by atoms with van der Waals surface area (Å²) in [4.78, 5) is 11.8. The molecule has 0 radical (unpaired) electrons. The van der Waals surface area contributed by atoms with E-state index in [1.807, 2.05) is 6.92 Å². The number of nitrogen functional groups attached to an aromatic ring is 1. The minimum atomic E-state index is 0.0724. The molecule has 1 aliphatic carbocycles. The van der Waals surface area contributed by atoms with Gasteiger partial charge < -0.3 is 15.8 Å². The number of nitrogens with two attached hydrogens (primary N) is 1. The van der Waals surface area contributed by atoms with Crippen molar-refractivity contribution in [2.24, 2.45) is 13.0 Å². The van der Waals surface area contributed by atoms with Crippen molar-refractivity contribution in [1.29, 1.82) is 0 Å². The van der Waals surface area contributed by atoms with Crippen LogP contribution in [0.15, 0.2) is 6.20 Å². The SMILES string of the molecule is CCOC1CC(CC(=O)NCc2cnn(C)c2N)C1. The summed E-state index contributed by atoms with van der Waals surface area (Å²) in [6, 6.07) is 0. The molecule has 0 atom stereocenters. The molecule has 1 saturated carbocycles. The number of aryl methyl sites for hydroxylation is 1. The van der Waals surface area contributed by atoms with E-state index in [0.29, 0.717) is 30.8 Å². The smallest absolute Gasteiger partial charge is 0.220 e. The summed E-state index contributed by atoms with van der Waals surface area (Å²) in [6.07, 6.45) is 4.61. The minimum absolute atomic E-state index is 0.0724. The van der Waals surface area contributed by atoms with Crippen LogP contribution >= 0.6 is 0 Å². The van der Waals surface area contributed by atoms with Crippen LogP contribution in [0.3, 0.4) is 0 Å². The summed E-state index contributed by atoms with van der Waals surface area (Å²) in [5.74, 6) is 1.13. The van der Waals surface area contributed by atoms with Crippen molar-refractivity contribution in [3.8, 4) is 0 Å². The number of carbonyl (C=O) groups excluding carboxylic acids is 1. The fourth-order valence-electron chi connectivity index (χ4n) is 2.37. The maximum atomic E-state index is 11.8. The Hall–Kier alpha value is -1.56. The first-order valence-electron chi connectivity index (χ1n) is 6.74. The van der Waals surface area contributed by atoms with Gasteiger partial charge in [0.15, 0.2) is 0 Å². The molecular weight excluding hydrogens is 244 g/mol. The lowest BCUT2D eigenvalue weighted by Gasteiger charge is -2.34. The van der Waals surface area contributed by atoms with Crippen molar-refractivity contribution >= 4 is 11.7 Å². The molecule has 6 nitrogen and oxygen atoms in total. The van der Waals surface area contributed by atoms with E-state index in [9.17, 15) is 4.79 Å². The molecule has 0 unspecified atom stereocenters. The van der Waals surface area contributed by atoms with E-state index in [-0.39, 0.29) is 5.91 Å². The van der Waals surface area contributed by atoms with Crippen molar-refractivity contribution in [2.45, 2.75) is 38.8 Å². The van der Waals surface area contributed by atoms with Crippen LogP contribution in [0.25, 0.3) is 0 Å². The van der Waals surface area contributed by atoms with Crippen molar-refractivity contribution in [3.63, 3.8) is 0 Å². The number of nitrogens with zero attached hydrogens (tertiary/aromatic N) is 2. The van der Waals surface area contributed by atoms with E-state index in [1.54, 1.807) is 17.9 Å². The average molecular weight is 266 g/mol. The molecule has 0 saturated heterocycles. The molecule has 3 N–H and O–H groups in total. The lowest BCUT2D eigenvalue weighted by Crippen LogP contribution is -2.35. The van der Waals surface area contributed by atoms with Crippen LogP contribution in [0.5, 0.6) is 0 Å². The third-order valence-electron chi connectivity index (χ3n) is 3.61. The van der Waals surface area contributed by atoms with Gasteiger partial charge in [0.05, 0.1) is 12.3 Å². The fraction of sp³-hybridized carbons (Fsp3) is 0.692. The maximum Gasteiger partial charge on any atom is 0.220 e. The van der Waals surface area contributed by atoms with E-state index in [1.165, 1.54) is 0 Å². The highest BCUT2D eigenvalue weighted by atomic mass is 16.5. The molecule has 1 fully saturated rings. The van der Waals surface area contributed by atoms with Gasteiger partial charge in [-0.05, 0) is 25.7 Å². The molecule has 1 aromatic rings. The lowest BCUT2D eigenvalue weighted by molar-refractivity contribution is -0.124. The zero-order valence-electron chi connectivity index (χ0n) is 11.6. The topological polar surface area (TPSA) is 82.2 Å². The van der Waals surface area contributed by atoms with Crippen LogP contribution < -0.4 is 11.1 Å². The number of anilines is 1. The van der Waals surface area contributed by atoms with Gasteiger partial charge in [0, 0.05) is 32.2 Å². The van der Waals surface area contributed by atoms with Crippen molar-refractivity contribution in [3.05, 3.63) is 11.8 Å². The lowest BCUT2D eigenvalue weighted by atomic mass is 9.80. The number of carbonyl (C=O) groups is 1. The van der Waals surface area contributed by atoms with Crippen LogP contribution in [0, 0.1) is 5.92 Å². The molecule has 106 valence electrons. The zero-order chi connectivity index (χ0) is 13.8. The van der Waals surface area contributed by atoms with Crippen LogP contribution in [0.1, 0.15) is 31.7 Å². The van der Waals surface area contributed by atoms with Crippen molar-refractivity contribution in [1.82, 2.24) is 15.1 Å². The van der Waals surface area contributed by atoms with Gasteiger partial charge in [0.25, 0.3) is 0 Å². The van der Waals surface area contributed by atoms with E-state index < -0.39 is 0 Å². The second-order valence-corrected chi connectivity index (χ2v) is 5.07.